The van der Waals surface area contributed by atoms with E-state index < -0.39 is 5.91 Å². The lowest BCUT2D eigenvalue weighted by molar-refractivity contribution is -0.114. The van der Waals surface area contributed by atoms with E-state index in [1.165, 1.54) is 0 Å². The Kier molecular flexibility index (Phi) is 2.47. The normalized spacial score (nSPS) is 10.9. The van der Waals surface area contributed by atoms with Crippen LogP contribution >= 0.6 is 0 Å². The zero-order valence-corrected chi connectivity index (χ0v) is 4.64. The number of carbonyl (C=O) groups excluding carboxylic acids is 1. The molecule has 0 aromatic rings. The Morgan fingerprint density at radius 2 is 2.25 bits per heavy atom. The average molecular weight is 115 g/mol. The highest BCUT2D eigenvalue weighted by molar-refractivity contribution is 5.90. The Hall–Kier alpha value is -1.19. The van der Waals surface area contributed by atoms with Crippen molar-refractivity contribution in [1.29, 1.82) is 0 Å². The summed E-state index contributed by atoms with van der Waals surface area (Å²) in [4.78, 5) is 10.2. The van der Waals surface area contributed by atoms with E-state index >= 15 is 0 Å². The van der Waals surface area contributed by atoms with Crippen molar-refractivity contribution in [2.75, 3.05) is 7.05 Å². The number of nitrogens with one attached hydrogen (secondary N) is 1. The van der Waals surface area contributed by atoms with Crippen LogP contribution in [0.5, 0.6) is 0 Å². The minimum atomic E-state index is -0.546. The molecule has 0 unspecified atom stereocenters. The molecule has 0 aromatic carbocycles. The molecule has 0 saturated carbocycles. The molecular weight excluding hydrogens is 106 g/mol. The Morgan fingerprint density at radius 3 is 2.25 bits per heavy atom. The number of likely N-dealkylation sites (N-methyl/N-ethyl adjacent to an activating group) is 1. The number of carbonyl (C=O) groups is 1. The first-order valence-corrected chi connectivity index (χ1v) is 2.11. The molecule has 0 aliphatic carbocycles. The number of nitrogens with two attached hydrogens (primary N) is 2. The lowest BCUT2D eigenvalue weighted by Crippen LogP contribution is -2.24. The van der Waals surface area contributed by atoms with Crippen molar-refractivity contribution in [3.05, 3.63) is 11.9 Å². The molecule has 0 rings (SSSR count). The zero-order valence-electron chi connectivity index (χ0n) is 4.64. The van der Waals surface area contributed by atoms with Gasteiger partial charge in [-0.25, -0.2) is 0 Å². The van der Waals surface area contributed by atoms with Crippen molar-refractivity contribution >= 4 is 5.91 Å². The highest BCUT2D eigenvalue weighted by Crippen LogP contribution is 1.77. The van der Waals surface area contributed by atoms with Gasteiger partial charge >= 0.3 is 0 Å². The summed E-state index contributed by atoms with van der Waals surface area (Å²) < 4.78 is 0. The van der Waals surface area contributed by atoms with Crippen molar-refractivity contribution in [3.63, 3.8) is 0 Å². The van der Waals surface area contributed by atoms with E-state index in [2.05, 4.69) is 5.32 Å². The Bertz CT molecular complexity index is 118. The van der Waals surface area contributed by atoms with Gasteiger partial charge in [-0.3, -0.25) is 4.79 Å². The minimum Gasteiger partial charge on any atom is -0.403 e. The van der Waals surface area contributed by atoms with Crippen molar-refractivity contribution in [2.24, 2.45) is 11.5 Å². The molecule has 4 nitrogen and oxygen atoms in total. The fourth-order valence-corrected chi connectivity index (χ4v) is 0.289. The predicted molar refractivity (Wildman–Crippen MR) is 30.5 cm³/mol. The molecule has 8 heavy (non-hydrogen) atoms. The number of rotatable bonds is 2. The molecule has 5 N–H and O–H groups in total. The molecule has 0 aliphatic heterocycles. The third-order valence-electron chi connectivity index (χ3n) is 0.701. The highest BCUT2D eigenvalue weighted by Gasteiger charge is 1.96. The molecule has 0 radical (unpaired) electrons. The van der Waals surface area contributed by atoms with E-state index in [4.69, 9.17) is 11.5 Å². The van der Waals surface area contributed by atoms with Crippen molar-refractivity contribution in [2.45, 2.75) is 0 Å². The quantitative estimate of drug-likeness (QED) is 0.383. The van der Waals surface area contributed by atoms with Crippen LogP contribution in [0.1, 0.15) is 0 Å². The lowest BCUT2D eigenvalue weighted by atomic mass is 10.4. The molecule has 0 spiro atoms. The summed E-state index contributed by atoms with van der Waals surface area (Å²) >= 11 is 0. The van der Waals surface area contributed by atoms with Crippen LogP contribution < -0.4 is 16.8 Å². The second kappa shape index (κ2) is 2.90. The van der Waals surface area contributed by atoms with Crippen molar-refractivity contribution in [3.8, 4) is 0 Å². The van der Waals surface area contributed by atoms with Gasteiger partial charge in [-0.15, -0.1) is 0 Å². The Morgan fingerprint density at radius 1 is 1.75 bits per heavy atom. The van der Waals surface area contributed by atoms with Gasteiger partial charge in [-0.05, 0) is 0 Å². The number of hydrogen-bond donors (Lipinski definition) is 3. The van der Waals surface area contributed by atoms with E-state index in [9.17, 15) is 4.79 Å². The van der Waals surface area contributed by atoms with Gasteiger partial charge in [-0.1, -0.05) is 0 Å². The molecule has 46 valence electrons. The smallest absolute Gasteiger partial charge is 0.266 e. The number of hydrogen-bond acceptors (Lipinski definition) is 3. The minimum absolute atomic E-state index is 0.227. The molecule has 0 atom stereocenters. The number of primary amides is 1. The standard InChI is InChI=1S/C4H9N3O/c1-7-3(2-5)4(6)8/h2,7H,5H2,1H3,(H2,6,8)/b3-2-. The molecule has 4 heteroatoms. The van der Waals surface area contributed by atoms with Gasteiger partial charge < -0.3 is 16.8 Å². The van der Waals surface area contributed by atoms with Crippen LogP contribution in [-0.4, -0.2) is 13.0 Å². The van der Waals surface area contributed by atoms with Gasteiger partial charge in [-0.2, -0.15) is 0 Å². The fraction of sp³-hybridized carbons (Fsp3) is 0.250. The molecule has 0 aliphatic rings. The first kappa shape index (κ1) is 6.81. The van der Waals surface area contributed by atoms with E-state index in [0.29, 0.717) is 0 Å². The Labute approximate surface area is 47.5 Å². The van der Waals surface area contributed by atoms with Crippen LogP contribution in [0.3, 0.4) is 0 Å². The summed E-state index contributed by atoms with van der Waals surface area (Å²) in [5.74, 6) is -0.546. The maximum absolute atomic E-state index is 10.2. The van der Waals surface area contributed by atoms with Crippen LogP contribution in [0, 0.1) is 0 Å². The van der Waals surface area contributed by atoms with Gasteiger partial charge in [0.15, 0.2) is 0 Å². The van der Waals surface area contributed by atoms with E-state index in [0.717, 1.165) is 6.20 Å². The van der Waals surface area contributed by atoms with E-state index in [1.807, 2.05) is 0 Å². The monoisotopic (exact) mass is 115 g/mol. The molecule has 0 saturated heterocycles. The summed E-state index contributed by atoms with van der Waals surface area (Å²) in [6.07, 6.45) is 1.13. The third-order valence-corrected chi connectivity index (χ3v) is 0.701. The summed E-state index contributed by atoms with van der Waals surface area (Å²) in [5, 5.41) is 2.51. The summed E-state index contributed by atoms with van der Waals surface area (Å²) in [5.41, 5.74) is 9.99. The van der Waals surface area contributed by atoms with Gasteiger partial charge in [0, 0.05) is 13.2 Å². The summed E-state index contributed by atoms with van der Waals surface area (Å²) in [7, 11) is 1.57. The summed E-state index contributed by atoms with van der Waals surface area (Å²) in [6.45, 7) is 0. The number of amides is 1. The van der Waals surface area contributed by atoms with Crippen LogP contribution in [0.4, 0.5) is 0 Å². The van der Waals surface area contributed by atoms with Gasteiger partial charge in [0.1, 0.15) is 5.70 Å². The van der Waals surface area contributed by atoms with E-state index in [-0.39, 0.29) is 5.70 Å². The zero-order chi connectivity index (χ0) is 6.57. The third kappa shape index (κ3) is 1.51. The highest BCUT2D eigenvalue weighted by atomic mass is 16.1. The molecule has 0 fully saturated rings. The van der Waals surface area contributed by atoms with Gasteiger partial charge in [0.2, 0.25) is 0 Å². The average Bonchev–Trinajstić information content (AvgIpc) is 1.69. The van der Waals surface area contributed by atoms with Gasteiger partial charge in [0.05, 0.1) is 0 Å². The molecular formula is C4H9N3O. The molecule has 0 aromatic heterocycles. The van der Waals surface area contributed by atoms with E-state index in [1.54, 1.807) is 7.05 Å². The largest absolute Gasteiger partial charge is 0.403 e. The first-order chi connectivity index (χ1) is 3.72. The second-order valence-electron chi connectivity index (χ2n) is 1.19. The topological polar surface area (TPSA) is 81.1 Å². The van der Waals surface area contributed by atoms with Crippen molar-refractivity contribution in [1.82, 2.24) is 5.32 Å². The van der Waals surface area contributed by atoms with Crippen LogP contribution in [0.2, 0.25) is 0 Å². The van der Waals surface area contributed by atoms with Crippen LogP contribution in [-0.2, 0) is 4.79 Å². The maximum Gasteiger partial charge on any atom is 0.266 e. The molecule has 0 heterocycles. The fourth-order valence-electron chi connectivity index (χ4n) is 0.289. The predicted octanol–water partition coefficient (Wildman–Crippen LogP) is -1.51. The first-order valence-electron chi connectivity index (χ1n) is 2.11. The SMILES string of the molecule is CN/C(=C\N)C(N)=O. The molecule has 0 bridgehead atoms. The van der Waals surface area contributed by atoms with Crippen LogP contribution in [0.25, 0.3) is 0 Å². The van der Waals surface area contributed by atoms with Crippen molar-refractivity contribution < 1.29 is 4.79 Å². The second-order valence-corrected chi connectivity index (χ2v) is 1.19. The summed E-state index contributed by atoms with van der Waals surface area (Å²) in [6, 6.07) is 0. The lowest BCUT2D eigenvalue weighted by Gasteiger charge is -1.96. The maximum atomic E-state index is 10.2. The Balaban J connectivity index is 3.92. The van der Waals surface area contributed by atoms with Gasteiger partial charge in [0.25, 0.3) is 5.91 Å². The molecule has 1 amide bonds. The van der Waals surface area contributed by atoms with Crippen LogP contribution in [0.15, 0.2) is 11.9 Å².